The van der Waals surface area contributed by atoms with E-state index in [0.717, 1.165) is 0 Å². The highest BCUT2D eigenvalue weighted by molar-refractivity contribution is 5.93. The molecule has 0 unspecified atom stereocenters. The number of amides is 1. The Hall–Kier alpha value is -2.08. The lowest BCUT2D eigenvalue weighted by Gasteiger charge is -2.43. The number of esters is 1. The van der Waals surface area contributed by atoms with Crippen LogP contribution in [-0.2, 0) is 14.3 Å². The zero-order chi connectivity index (χ0) is 15.6. The van der Waals surface area contributed by atoms with Crippen LogP contribution < -0.4 is 5.73 Å². The summed E-state index contributed by atoms with van der Waals surface area (Å²) < 4.78 is 10.4. The van der Waals surface area contributed by atoms with E-state index in [-0.39, 0.29) is 18.5 Å². The van der Waals surface area contributed by atoms with E-state index in [1.807, 2.05) is 0 Å². The number of hydrogen-bond donors (Lipinski definition) is 1. The second kappa shape index (κ2) is 5.73. The minimum atomic E-state index is -0.626. The Labute approximate surface area is 123 Å². The Kier molecular flexibility index (Phi) is 4.18. The molecule has 0 bridgehead atoms. The van der Waals surface area contributed by atoms with Gasteiger partial charge in [-0.3, -0.25) is 9.59 Å². The number of furan rings is 1. The minimum absolute atomic E-state index is 0.100. The van der Waals surface area contributed by atoms with E-state index in [9.17, 15) is 9.59 Å². The van der Waals surface area contributed by atoms with Crippen molar-refractivity contribution in [1.82, 2.24) is 4.90 Å². The quantitative estimate of drug-likeness (QED) is 0.665. The molecule has 1 saturated heterocycles. The van der Waals surface area contributed by atoms with Crippen LogP contribution in [0.1, 0.15) is 26.5 Å². The summed E-state index contributed by atoms with van der Waals surface area (Å²) in [5.41, 5.74) is 5.20. The number of rotatable bonds is 4. The highest BCUT2D eigenvalue weighted by atomic mass is 16.6. The fraction of sp³-hybridized carbons (Fsp3) is 0.467. The first-order valence-electron chi connectivity index (χ1n) is 6.77. The van der Waals surface area contributed by atoms with Crippen LogP contribution in [0.25, 0.3) is 6.08 Å². The summed E-state index contributed by atoms with van der Waals surface area (Å²) in [5, 5.41) is 0. The molecule has 1 aliphatic rings. The number of nitrogens with two attached hydrogens (primary N) is 1. The van der Waals surface area contributed by atoms with E-state index in [1.54, 1.807) is 51.3 Å². The first kappa shape index (κ1) is 15.3. The first-order chi connectivity index (χ1) is 9.78. The number of ether oxygens (including phenoxy) is 1. The van der Waals surface area contributed by atoms with Gasteiger partial charge in [-0.1, -0.05) is 6.08 Å². The summed E-state index contributed by atoms with van der Waals surface area (Å²) in [7, 11) is 0. The van der Waals surface area contributed by atoms with Gasteiger partial charge in [0.2, 0.25) is 5.91 Å². The van der Waals surface area contributed by atoms with Crippen LogP contribution in [0.15, 0.2) is 28.9 Å². The Bertz CT molecular complexity index is 543. The van der Waals surface area contributed by atoms with Gasteiger partial charge in [0.25, 0.3) is 0 Å². The van der Waals surface area contributed by atoms with E-state index in [4.69, 9.17) is 14.9 Å². The lowest BCUT2D eigenvalue weighted by molar-refractivity contribution is -0.164. The number of carbonyl (C=O) groups excluding carboxylic acids is 2. The summed E-state index contributed by atoms with van der Waals surface area (Å²) in [6.07, 6.45) is 5.05. The van der Waals surface area contributed by atoms with Crippen LogP contribution in [0.4, 0.5) is 0 Å². The van der Waals surface area contributed by atoms with Crippen molar-refractivity contribution in [3.05, 3.63) is 30.2 Å². The maximum absolute atomic E-state index is 11.8. The van der Waals surface area contributed by atoms with E-state index in [1.165, 1.54) is 4.90 Å². The zero-order valence-electron chi connectivity index (χ0n) is 12.4. The van der Waals surface area contributed by atoms with Crippen LogP contribution in [0.5, 0.6) is 0 Å². The molecule has 1 fully saturated rings. The molecule has 0 aromatic carbocycles. The molecule has 2 heterocycles. The van der Waals surface area contributed by atoms with Gasteiger partial charge in [0.05, 0.1) is 12.3 Å². The number of nitrogens with zero attached hydrogens (tertiary/aromatic N) is 1. The van der Waals surface area contributed by atoms with Gasteiger partial charge in [0, 0.05) is 0 Å². The molecule has 1 aliphatic heterocycles. The number of carbonyl (C=O) groups is 2. The molecular weight excluding hydrogens is 272 g/mol. The van der Waals surface area contributed by atoms with Crippen LogP contribution in [-0.4, -0.2) is 41.0 Å². The average Bonchev–Trinajstić information content (AvgIpc) is 2.88. The van der Waals surface area contributed by atoms with Gasteiger partial charge in [-0.05, 0) is 39.0 Å². The topological polar surface area (TPSA) is 85.8 Å². The van der Waals surface area contributed by atoms with Gasteiger partial charge in [-0.2, -0.15) is 0 Å². The van der Waals surface area contributed by atoms with E-state index in [2.05, 4.69) is 0 Å². The molecule has 1 amide bonds. The third-order valence-corrected chi connectivity index (χ3v) is 3.02. The highest BCUT2D eigenvalue weighted by Gasteiger charge is 2.44. The monoisotopic (exact) mass is 292 g/mol. The maximum Gasteiger partial charge on any atom is 0.326 e. The SMILES string of the molecule is CC(C)(C)OC(=O)CN1C(=O)[C@H](N)[C@@H]1C=Cc1ccco1. The summed E-state index contributed by atoms with van der Waals surface area (Å²) >= 11 is 0. The Balaban J connectivity index is 1.97. The first-order valence-corrected chi connectivity index (χ1v) is 6.77. The largest absolute Gasteiger partial charge is 0.465 e. The molecule has 21 heavy (non-hydrogen) atoms. The number of hydrogen-bond acceptors (Lipinski definition) is 5. The van der Waals surface area contributed by atoms with Gasteiger partial charge >= 0.3 is 5.97 Å². The lowest BCUT2D eigenvalue weighted by Crippen LogP contribution is -2.68. The number of β-lactam (4-membered cyclic amide) rings is 1. The molecule has 2 atom stereocenters. The van der Waals surface area contributed by atoms with Crippen molar-refractivity contribution in [2.75, 3.05) is 6.54 Å². The van der Waals surface area contributed by atoms with Gasteiger partial charge in [-0.25, -0.2) is 0 Å². The lowest BCUT2D eigenvalue weighted by atomic mass is 9.95. The molecule has 0 saturated carbocycles. The summed E-state index contributed by atoms with van der Waals surface area (Å²) in [4.78, 5) is 25.0. The molecule has 0 spiro atoms. The molecule has 1 aromatic heterocycles. The number of likely N-dealkylation sites (tertiary alicyclic amines) is 1. The molecule has 0 aliphatic carbocycles. The van der Waals surface area contributed by atoms with Crippen molar-refractivity contribution in [2.45, 2.75) is 38.5 Å². The zero-order valence-corrected chi connectivity index (χ0v) is 12.4. The molecule has 114 valence electrons. The average molecular weight is 292 g/mol. The van der Waals surface area contributed by atoms with Crippen molar-refractivity contribution in [3.63, 3.8) is 0 Å². The van der Waals surface area contributed by atoms with Crippen molar-refractivity contribution in [3.8, 4) is 0 Å². The van der Waals surface area contributed by atoms with Crippen molar-refractivity contribution >= 4 is 18.0 Å². The third kappa shape index (κ3) is 3.72. The summed E-state index contributed by atoms with van der Waals surface area (Å²) in [6.45, 7) is 5.24. The third-order valence-electron chi connectivity index (χ3n) is 3.02. The van der Waals surface area contributed by atoms with Crippen LogP contribution in [0.2, 0.25) is 0 Å². The molecule has 2 rings (SSSR count). The molecule has 6 nitrogen and oxygen atoms in total. The fourth-order valence-electron chi connectivity index (χ4n) is 2.10. The van der Waals surface area contributed by atoms with E-state index < -0.39 is 17.6 Å². The molecule has 1 aromatic rings. The normalized spacial score (nSPS) is 22.5. The standard InChI is InChI=1S/C15H20N2O4/c1-15(2,3)21-12(18)9-17-11(13(16)14(17)19)7-6-10-5-4-8-20-10/h4-8,11,13H,9,16H2,1-3H3/t11-,13+/m0/s1. The molecular formula is C15H20N2O4. The van der Waals surface area contributed by atoms with Gasteiger partial charge in [0.15, 0.2) is 0 Å². The van der Waals surface area contributed by atoms with Crippen LogP contribution >= 0.6 is 0 Å². The predicted molar refractivity (Wildman–Crippen MR) is 77.1 cm³/mol. The Morgan fingerprint density at radius 1 is 1.52 bits per heavy atom. The Morgan fingerprint density at radius 3 is 2.81 bits per heavy atom. The smallest absolute Gasteiger partial charge is 0.326 e. The summed E-state index contributed by atoms with van der Waals surface area (Å²) in [6, 6.07) is 2.61. The van der Waals surface area contributed by atoms with Crippen molar-refractivity contribution in [1.29, 1.82) is 0 Å². The van der Waals surface area contributed by atoms with Gasteiger partial charge in [0.1, 0.15) is 23.9 Å². The van der Waals surface area contributed by atoms with Crippen LogP contribution in [0, 0.1) is 0 Å². The second-order valence-corrected chi connectivity index (χ2v) is 5.94. The highest BCUT2D eigenvalue weighted by Crippen LogP contribution is 2.21. The predicted octanol–water partition coefficient (Wildman–Crippen LogP) is 1.17. The van der Waals surface area contributed by atoms with Crippen molar-refractivity contribution < 1.29 is 18.7 Å². The van der Waals surface area contributed by atoms with Crippen molar-refractivity contribution in [2.24, 2.45) is 5.73 Å². The summed E-state index contributed by atoms with van der Waals surface area (Å²) in [5.74, 6) is -0.0344. The van der Waals surface area contributed by atoms with E-state index in [0.29, 0.717) is 5.76 Å². The van der Waals surface area contributed by atoms with Crippen LogP contribution in [0.3, 0.4) is 0 Å². The van der Waals surface area contributed by atoms with Gasteiger partial charge < -0.3 is 19.8 Å². The minimum Gasteiger partial charge on any atom is -0.465 e. The molecule has 6 heteroatoms. The second-order valence-electron chi connectivity index (χ2n) is 5.94. The van der Waals surface area contributed by atoms with Gasteiger partial charge in [-0.15, -0.1) is 0 Å². The fourth-order valence-corrected chi connectivity index (χ4v) is 2.10. The Morgan fingerprint density at radius 2 is 2.24 bits per heavy atom. The molecule has 2 N–H and O–H groups in total. The molecule has 0 radical (unpaired) electrons. The van der Waals surface area contributed by atoms with E-state index >= 15 is 0 Å². The maximum atomic E-state index is 11.8.